The van der Waals surface area contributed by atoms with Crippen molar-refractivity contribution in [3.8, 4) is 11.1 Å². The normalized spacial score (nSPS) is 19.8. The summed E-state index contributed by atoms with van der Waals surface area (Å²) in [6, 6.07) is 10.8. The number of rotatable bonds is 6. The van der Waals surface area contributed by atoms with Crippen LogP contribution in [0.4, 0.5) is 11.5 Å². The Kier molecular flexibility index (Phi) is 7.07. The number of nitrogens with zero attached hydrogens (tertiary/aromatic N) is 3. The van der Waals surface area contributed by atoms with E-state index in [0.717, 1.165) is 49.6 Å². The first kappa shape index (κ1) is 22.3. The molecule has 170 valence electrons. The lowest BCUT2D eigenvalue weighted by Crippen LogP contribution is -2.26. The molecule has 4 heterocycles. The van der Waals surface area contributed by atoms with Gasteiger partial charge in [0.1, 0.15) is 12.0 Å². The molecule has 3 aromatic rings. The number of hydrogen-bond acceptors (Lipinski definition) is 6. The van der Waals surface area contributed by atoms with Gasteiger partial charge in [-0.05, 0) is 54.3 Å². The number of nitrogens with one attached hydrogen (secondary N) is 3. The smallest absolute Gasteiger partial charge is 0.127 e. The first-order valence-electron chi connectivity index (χ1n) is 11.5. The van der Waals surface area contributed by atoms with Gasteiger partial charge in [0.15, 0.2) is 0 Å². The number of likely N-dealkylation sites (tertiary alicyclic amines) is 1. The van der Waals surface area contributed by atoms with Crippen LogP contribution < -0.4 is 10.6 Å². The average molecular weight is 435 g/mol. The molecule has 7 nitrogen and oxygen atoms in total. The zero-order chi connectivity index (χ0) is 22.5. The Balaban J connectivity index is 0.00000119. The van der Waals surface area contributed by atoms with Crippen LogP contribution in [-0.4, -0.2) is 52.6 Å². The molecule has 1 unspecified atom stereocenters. The molecule has 0 radical (unpaired) electrons. The molecule has 32 heavy (non-hydrogen) atoms. The molecule has 2 atom stereocenters. The van der Waals surface area contributed by atoms with Crippen molar-refractivity contribution < 1.29 is 4.74 Å². The molecular weight excluding hydrogens is 400 g/mol. The second-order valence-electron chi connectivity index (χ2n) is 8.26. The molecule has 0 saturated carbocycles. The predicted octanol–water partition coefficient (Wildman–Crippen LogP) is 4.43. The Morgan fingerprint density at radius 1 is 1.22 bits per heavy atom. The van der Waals surface area contributed by atoms with Gasteiger partial charge in [-0.1, -0.05) is 19.9 Å². The minimum atomic E-state index is 0.133. The van der Waals surface area contributed by atoms with E-state index in [4.69, 9.17) is 4.74 Å². The number of aromatic amines is 1. The average Bonchev–Trinajstić information content (AvgIpc) is 3.54. The van der Waals surface area contributed by atoms with Crippen molar-refractivity contribution in [3.63, 3.8) is 0 Å². The summed E-state index contributed by atoms with van der Waals surface area (Å²) in [5, 5.41) is 14.3. The van der Waals surface area contributed by atoms with Gasteiger partial charge < -0.3 is 15.4 Å². The molecule has 1 aromatic carbocycles. The van der Waals surface area contributed by atoms with E-state index in [-0.39, 0.29) is 6.17 Å². The maximum absolute atomic E-state index is 5.48. The summed E-state index contributed by atoms with van der Waals surface area (Å²) in [7, 11) is 1.80. The second-order valence-corrected chi connectivity index (χ2v) is 8.26. The van der Waals surface area contributed by atoms with Gasteiger partial charge in [0.2, 0.25) is 0 Å². The van der Waals surface area contributed by atoms with Gasteiger partial charge in [0.25, 0.3) is 0 Å². The number of H-pyrrole nitrogens is 1. The summed E-state index contributed by atoms with van der Waals surface area (Å²) in [4.78, 5) is 6.98. The molecule has 7 heteroatoms. The van der Waals surface area contributed by atoms with Crippen molar-refractivity contribution in [3.05, 3.63) is 59.5 Å². The number of aromatic nitrogens is 3. The fourth-order valence-electron chi connectivity index (χ4n) is 4.48. The summed E-state index contributed by atoms with van der Waals surface area (Å²) in [5.41, 5.74) is 7.20. The van der Waals surface area contributed by atoms with Crippen molar-refractivity contribution in [2.45, 2.75) is 52.4 Å². The summed E-state index contributed by atoms with van der Waals surface area (Å²) in [6.07, 6.45) is 6.29. The highest BCUT2D eigenvalue weighted by Crippen LogP contribution is 2.32. The molecule has 0 aliphatic carbocycles. The third kappa shape index (κ3) is 4.95. The van der Waals surface area contributed by atoms with Crippen molar-refractivity contribution >= 4 is 11.5 Å². The lowest BCUT2D eigenvalue weighted by Gasteiger charge is -2.18. The van der Waals surface area contributed by atoms with Crippen molar-refractivity contribution in [1.29, 1.82) is 0 Å². The molecule has 1 fully saturated rings. The zero-order valence-electron chi connectivity index (χ0n) is 19.5. The summed E-state index contributed by atoms with van der Waals surface area (Å²) < 4.78 is 5.48. The van der Waals surface area contributed by atoms with Crippen LogP contribution in [0.15, 0.2) is 42.7 Å². The molecule has 1 saturated heterocycles. The highest BCUT2D eigenvalue weighted by molar-refractivity contribution is 5.71. The maximum Gasteiger partial charge on any atom is 0.127 e. The Labute approximate surface area is 190 Å². The minimum Gasteiger partial charge on any atom is -0.380 e. The van der Waals surface area contributed by atoms with Crippen LogP contribution in [0.2, 0.25) is 0 Å². The largest absolute Gasteiger partial charge is 0.380 e. The minimum absolute atomic E-state index is 0.133. The lowest BCUT2D eigenvalue weighted by atomic mass is 10.0. The van der Waals surface area contributed by atoms with Gasteiger partial charge in [-0.15, -0.1) is 0 Å². The van der Waals surface area contributed by atoms with Crippen LogP contribution in [-0.2, 0) is 17.7 Å². The van der Waals surface area contributed by atoms with Gasteiger partial charge in [0.05, 0.1) is 12.3 Å². The second kappa shape index (κ2) is 10.1. The fraction of sp³-hybridized carbons (Fsp3) is 0.440. The van der Waals surface area contributed by atoms with Gasteiger partial charge in [-0.25, -0.2) is 4.98 Å². The van der Waals surface area contributed by atoms with Crippen LogP contribution in [0.25, 0.3) is 11.1 Å². The van der Waals surface area contributed by atoms with Crippen molar-refractivity contribution in [1.82, 2.24) is 20.1 Å². The van der Waals surface area contributed by atoms with E-state index in [0.29, 0.717) is 6.10 Å². The topological polar surface area (TPSA) is 78.1 Å². The number of hydrogen-bond donors (Lipinski definition) is 3. The first-order chi connectivity index (χ1) is 15.7. The third-order valence-electron chi connectivity index (χ3n) is 6.12. The molecular formula is C25H34N6O. The monoisotopic (exact) mass is 434 g/mol. The quantitative estimate of drug-likeness (QED) is 0.533. The number of pyridine rings is 1. The molecule has 0 amide bonds. The molecule has 5 rings (SSSR count). The van der Waals surface area contributed by atoms with Crippen LogP contribution in [0, 0.1) is 6.92 Å². The molecule has 0 bridgehead atoms. The third-order valence-corrected chi connectivity index (χ3v) is 6.12. The van der Waals surface area contributed by atoms with E-state index in [1.807, 2.05) is 33.2 Å². The molecule has 2 aromatic heterocycles. The van der Waals surface area contributed by atoms with Gasteiger partial charge in [0, 0.05) is 56.3 Å². The molecule has 3 N–H and O–H groups in total. The number of benzene rings is 1. The first-order valence-corrected chi connectivity index (χ1v) is 11.5. The van der Waals surface area contributed by atoms with E-state index in [1.54, 1.807) is 7.11 Å². The lowest BCUT2D eigenvalue weighted by molar-refractivity contribution is 0.107. The van der Waals surface area contributed by atoms with E-state index in [2.05, 4.69) is 61.0 Å². The van der Waals surface area contributed by atoms with E-state index in [1.165, 1.54) is 22.4 Å². The van der Waals surface area contributed by atoms with E-state index in [9.17, 15) is 0 Å². The van der Waals surface area contributed by atoms with Crippen molar-refractivity contribution in [2.24, 2.45) is 0 Å². The van der Waals surface area contributed by atoms with Crippen molar-refractivity contribution in [2.75, 3.05) is 30.8 Å². The Bertz CT molecular complexity index is 1030. The van der Waals surface area contributed by atoms with E-state index < -0.39 is 0 Å². The SMILES string of the molecule is CC.CO[C@H]1CCN(Cc2ccnc(NC3Cc4cc(-c5cn[nH]c5C)ccc4N3)c2)C1. The Morgan fingerprint density at radius 2 is 2.09 bits per heavy atom. The molecule has 2 aliphatic heterocycles. The summed E-state index contributed by atoms with van der Waals surface area (Å²) >= 11 is 0. The van der Waals surface area contributed by atoms with Gasteiger partial charge in [-0.3, -0.25) is 10.00 Å². The van der Waals surface area contributed by atoms with Gasteiger partial charge in [-0.2, -0.15) is 5.10 Å². The van der Waals surface area contributed by atoms with Crippen LogP contribution in [0.3, 0.4) is 0 Å². The molecule has 0 spiro atoms. The number of fused-ring (bicyclic) bond motifs is 1. The number of aryl methyl sites for hydroxylation is 1. The highest BCUT2D eigenvalue weighted by atomic mass is 16.5. The Morgan fingerprint density at radius 3 is 2.84 bits per heavy atom. The standard InChI is InChI=1S/C23H28N6O.C2H6/c1-15-20(12-25-28-15)17-3-4-21-18(10-17)11-23(26-21)27-22-9-16(5-7-24-22)13-29-8-6-19(14-29)30-2;1-2/h3-5,7,9-10,12,19,23,26H,6,8,11,13-14H2,1-2H3,(H,24,27)(H,25,28);1-2H3/t19-,23?;/m0./s1. The predicted molar refractivity (Wildman–Crippen MR) is 130 cm³/mol. The summed E-state index contributed by atoms with van der Waals surface area (Å²) in [6.45, 7) is 9.07. The van der Waals surface area contributed by atoms with Crippen LogP contribution in [0.1, 0.15) is 37.1 Å². The van der Waals surface area contributed by atoms with E-state index >= 15 is 0 Å². The number of ether oxygens (including phenoxy) is 1. The number of methoxy groups -OCH3 is 1. The fourth-order valence-corrected chi connectivity index (χ4v) is 4.48. The number of anilines is 2. The summed E-state index contributed by atoms with van der Waals surface area (Å²) in [5.74, 6) is 0.909. The van der Waals surface area contributed by atoms with Crippen LogP contribution >= 0.6 is 0 Å². The Hall–Kier alpha value is -2.90. The zero-order valence-corrected chi connectivity index (χ0v) is 19.5. The van der Waals surface area contributed by atoms with Gasteiger partial charge >= 0.3 is 0 Å². The molecule has 2 aliphatic rings. The highest BCUT2D eigenvalue weighted by Gasteiger charge is 2.23. The maximum atomic E-state index is 5.48. The van der Waals surface area contributed by atoms with Crippen LogP contribution in [0.5, 0.6) is 0 Å².